The highest BCUT2D eigenvalue weighted by Gasteiger charge is 2.15. The third-order valence-electron chi connectivity index (χ3n) is 2.70. The largest absolute Gasteiger partial charge is 0.372 e. The van der Waals surface area contributed by atoms with Crippen LogP contribution in [0.5, 0.6) is 0 Å². The first-order valence-electron chi connectivity index (χ1n) is 5.58. The molecule has 3 nitrogen and oxygen atoms in total. The zero-order chi connectivity index (χ0) is 10.5. The minimum atomic E-state index is 0.486. The Bertz CT molecular complexity index is 295. The Kier molecular flexibility index (Phi) is 4.11. The lowest BCUT2D eigenvalue weighted by atomic mass is 10.3. The molecule has 0 spiro atoms. The summed E-state index contributed by atoms with van der Waals surface area (Å²) in [6.07, 6.45) is 5.60. The van der Waals surface area contributed by atoms with Crippen molar-refractivity contribution in [2.45, 2.75) is 44.9 Å². The van der Waals surface area contributed by atoms with Crippen LogP contribution in [0.2, 0.25) is 0 Å². The van der Waals surface area contributed by atoms with Gasteiger partial charge in [-0.3, -0.25) is 0 Å². The second-order valence-electron chi connectivity index (χ2n) is 3.98. The van der Waals surface area contributed by atoms with E-state index in [9.17, 15) is 0 Å². The monoisotopic (exact) mass is 226 g/mol. The molecule has 2 rings (SSSR count). The number of aromatic nitrogens is 1. The topological polar surface area (TPSA) is 34.2 Å². The molecule has 84 valence electrons. The average molecular weight is 226 g/mol. The van der Waals surface area contributed by atoms with Crippen LogP contribution in [-0.2, 0) is 17.9 Å². The predicted molar refractivity (Wildman–Crippen MR) is 61.9 cm³/mol. The summed E-state index contributed by atoms with van der Waals surface area (Å²) in [5.41, 5.74) is 1.08. The normalized spacial score (nSPS) is 17.4. The maximum Gasteiger partial charge on any atom is 0.107 e. The lowest BCUT2D eigenvalue weighted by Gasteiger charge is -2.08. The molecule has 1 aliphatic carbocycles. The van der Waals surface area contributed by atoms with Gasteiger partial charge in [0.1, 0.15) is 5.01 Å². The Morgan fingerprint density at radius 3 is 3.07 bits per heavy atom. The molecule has 1 aromatic rings. The van der Waals surface area contributed by atoms with Gasteiger partial charge < -0.3 is 10.1 Å². The van der Waals surface area contributed by atoms with Gasteiger partial charge in [-0.2, -0.15) is 0 Å². The highest BCUT2D eigenvalue weighted by molar-refractivity contribution is 7.09. The molecule has 1 fully saturated rings. The van der Waals surface area contributed by atoms with Gasteiger partial charge in [0, 0.05) is 11.9 Å². The standard InChI is InChI=1S/C11H18N2OS/c1-12-6-11-13-9(8-15-11)7-14-10-4-2-3-5-10/h8,10,12H,2-7H2,1H3. The minimum Gasteiger partial charge on any atom is -0.372 e. The molecule has 1 N–H and O–H groups in total. The van der Waals surface area contributed by atoms with E-state index >= 15 is 0 Å². The summed E-state index contributed by atoms with van der Waals surface area (Å²) >= 11 is 1.70. The van der Waals surface area contributed by atoms with Crippen LogP contribution in [0.15, 0.2) is 5.38 Å². The first kappa shape index (κ1) is 11.0. The number of thiazole rings is 1. The first-order valence-corrected chi connectivity index (χ1v) is 6.46. The highest BCUT2D eigenvalue weighted by atomic mass is 32.1. The van der Waals surface area contributed by atoms with Crippen molar-refractivity contribution < 1.29 is 4.74 Å². The molecule has 1 aliphatic rings. The quantitative estimate of drug-likeness (QED) is 0.836. The van der Waals surface area contributed by atoms with Gasteiger partial charge in [-0.05, 0) is 19.9 Å². The Balaban J connectivity index is 1.77. The van der Waals surface area contributed by atoms with Crippen molar-refractivity contribution in [3.63, 3.8) is 0 Å². The van der Waals surface area contributed by atoms with Crippen LogP contribution in [0.1, 0.15) is 36.4 Å². The fourth-order valence-electron chi connectivity index (χ4n) is 1.91. The number of hydrogen-bond donors (Lipinski definition) is 1. The van der Waals surface area contributed by atoms with E-state index in [0.717, 1.165) is 17.2 Å². The van der Waals surface area contributed by atoms with Crippen molar-refractivity contribution in [1.82, 2.24) is 10.3 Å². The Morgan fingerprint density at radius 2 is 2.33 bits per heavy atom. The zero-order valence-electron chi connectivity index (χ0n) is 9.16. The van der Waals surface area contributed by atoms with Crippen molar-refractivity contribution in [3.8, 4) is 0 Å². The Morgan fingerprint density at radius 1 is 1.53 bits per heavy atom. The van der Waals surface area contributed by atoms with Gasteiger partial charge in [0.15, 0.2) is 0 Å². The molecular formula is C11H18N2OS. The van der Waals surface area contributed by atoms with Crippen molar-refractivity contribution in [3.05, 3.63) is 16.1 Å². The Hall–Kier alpha value is -0.450. The molecule has 0 bridgehead atoms. The van der Waals surface area contributed by atoms with E-state index in [1.165, 1.54) is 25.7 Å². The summed E-state index contributed by atoms with van der Waals surface area (Å²) in [6, 6.07) is 0. The maximum absolute atomic E-state index is 5.80. The van der Waals surface area contributed by atoms with Crippen molar-refractivity contribution in [1.29, 1.82) is 0 Å². The van der Waals surface area contributed by atoms with E-state index in [0.29, 0.717) is 12.7 Å². The summed E-state index contributed by atoms with van der Waals surface area (Å²) in [6.45, 7) is 1.54. The molecule has 4 heteroatoms. The molecular weight excluding hydrogens is 208 g/mol. The first-order chi connectivity index (χ1) is 7.38. The summed E-state index contributed by atoms with van der Waals surface area (Å²) in [5, 5.41) is 6.34. The van der Waals surface area contributed by atoms with Crippen LogP contribution >= 0.6 is 11.3 Å². The molecule has 0 atom stereocenters. The average Bonchev–Trinajstić information content (AvgIpc) is 2.85. The molecule has 1 saturated carbocycles. The molecule has 15 heavy (non-hydrogen) atoms. The molecule has 0 aliphatic heterocycles. The third kappa shape index (κ3) is 3.26. The van der Waals surface area contributed by atoms with Gasteiger partial charge >= 0.3 is 0 Å². The third-order valence-corrected chi connectivity index (χ3v) is 3.59. The molecule has 0 aromatic carbocycles. The van der Waals surface area contributed by atoms with E-state index in [1.54, 1.807) is 11.3 Å². The number of nitrogens with zero attached hydrogens (tertiary/aromatic N) is 1. The van der Waals surface area contributed by atoms with Crippen LogP contribution in [0, 0.1) is 0 Å². The second-order valence-corrected chi connectivity index (χ2v) is 4.92. The summed E-state index contributed by atoms with van der Waals surface area (Å²) < 4.78 is 5.80. The molecule has 0 amide bonds. The molecule has 0 radical (unpaired) electrons. The summed E-state index contributed by atoms with van der Waals surface area (Å²) in [7, 11) is 1.94. The van der Waals surface area contributed by atoms with Crippen molar-refractivity contribution >= 4 is 11.3 Å². The maximum atomic E-state index is 5.80. The number of rotatable bonds is 5. The van der Waals surface area contributed by atoms with Crippen LogP contribution < -0.4 is 5.32 Å². The predicted octanol–water partition coefficient (Wildman–Crippen LogP) is 2.32. The van der Waals surface area contributed by atoms with Gasteiger partial charge in [0.25, 0.3) is 0 Å². The van der Waals surface area contributed by atoms with E-state index in [2.05, 4.69) is 15.7 Å². The van der Waals surface area contributed by atoms with Gasteiger partial charge in [-0.25, -0.2) is 4.98 Å². The molecule has 1 aromatic heterocycles. The van der Waals surface area contributed by atoms with Crippen LogP contribution in [0.4, 0.5) is 0 Å². The summed E-state index contributed by atoms with van der Waals surface area (Å²) in [5.74, 6) is 0. The van der Waals surface area contributed by atoms with Crippen molar-refractivity contribution in [2.24, 2.45) is 0 Å². The summed E-state index contributed by atoms with van der Waals surface area (Å²) in [4.78, 5) is 4.49. The molecule has 0 saturated heterocycles. The fraction of sp³-hybridized carbons (Fsp3) is 0.727. The van der Waals surface area contributed by atoms with Crippen LogP contribution in [0.3, 0.4) is 0 Å². The lowest BCUT2D eigenvalue weighted by molar-refractivity contribution is 0.0440. The minimum absolute atomic E-state index is 0.486. The SMILES string of the molecule is CNCc1nc(COC2CCCC2)cs1. The van der Waals surface area contributed by atoms with Gasteiger partial charge in [0.05, 0.1) is 18.4 Å². The lowest BCUT2D eigenvalue weighted by Crippen LogP contribution is -2.08. The molecule has 0 unspecified atom stereocenters. The van der Waals surface area contributed by atoms with Gasteiger partial charge in [-0.15, -0.1) is 11.3 Å². The zero-order valence-corrected chi connectivity index (χ0v) is 9.98. The van der Waals surface area contributed by atoms with Gasteiger partial charge in [-0.1, -0.05) is 12.8 Å². The smallest absolute Gasteiger partial charge is 0.107 e. The van der Waals surface area contributed by atoms with Gasteiger partial charge in [0.2, 0.25) is 0 Å². The number of hydrogen-bond acceptors (Lipinski definition) is 4. The molecule has 1 heterocycles. The van der Waals surface area contributed by atoms with E-state index < -0.39 is 0 Å². The second kappa shape index (κ2) is 5.58. The Labute approximate surface area is 94.9 Å². The fourth-order valence-corrected chi connectivity index (χ4v) is 2.70. The number of ether oxygens (including phenoxy) is 1. The van der Waals surface area contributed by atoms with E-state index in [-0.39, 0.29) is 0 Å². The number of nitrogens with one attached hydrogen (secondary N) is 1. The van der Waals surface area contributed by atoms with Crippen LogP contribution in [-0.4, -0.2) is 18.1 Å². The van der Waals surface area contributed by atoms with Crippen molar-refractivity contribution in [2.75, 3.05) is 7.05 Å². The van der Waals surface area contributed by atoms with Crippen LogP contribution in [0.25, 0.3) is 0 Å². The van der Waals surface area contributed by atoms with E-state index in [1.807, 2.05) is 7.05 Å². The highest BCUT2D eigenvalue weighted by Crippen LogP contribution is 2.22. The van der Waals surface area contributed by atoms with E-state index in [4.69, 9.17) is 4.74 Å².